The number of likely N-dealkylation sites (tertiary alicyclic amines) is 1. The first kappa shape index (κ1) is 13.9. The van der Waals surface area contributed by atoms with E-state index in [-0.39, 0.29) is 17.6 Å². The molecule has 1 atom stereocenters. The average molecular weight is 304 g/mol. The number of thiazole rings is 1. The van der Waals surface area contributed by atoms with Crippen molar-refractivity contribution >= 4 is 17.2 Å². The van der Waals surface area contributed by atoms with Crippen molar-refractivity contribution in [1.29, 1.82) is 0 Å². The summed E-state index contributed by atoms with van der Waals surface area (Å²) in [6.45, 7) is 4.45. The van der Waals surface area contributed by atoms with E-state index < -0.39 is 0 Å². The van der Waals surface area contributed by atoms with Crippen LogP contribution in [0.1, 0.15) is 45.0 Å². The minimum Gasteiger partial charge on any atom is -0.329 e. The van der Waals surface area contributed by atoms with Crippen molar-refractivity contribution in [3.63, 3.8) is 0 Å². The normalized spacial score (nSPS) is 18.2. The number of nitrogens with one attached hydrogen (secondary N) is 1. The molecule has 1 amide bonds. The van der Waals surface area contributed by atoms with Gasteiger partial charge in [0.25, 0.3) is 5.91 Å². The molecule has 0 bridgehead atoms. The zero-order valence-corrected chi connectivity index (χ0v) is 12.7. The van der Waals surface area contributed by atoms with Crippen LogP contribution < -0.4 is 5.69 Å². The van der Waals surface area contributed by atoms with E-state index in [2.05, 4.69) is 15.0 Å². The molecule has 1 saturated heterocycles. The molecule has 1 aliphatic heterocycles. The molecule has 21 heavy (non-hydrogen) atoms. The fourth-order valence-corrected chi connectivity index (χ4v) is 3.65. The quantitative estimate of drug-likeness (QED) is 0.918. The van der Waals surface area contributed by atoms with Crippen molar-refractivity contribution in [1.82, 2.24) is 19.9 Å². The predicted molar refractivity (Wildman–Crippen MR) is 79.5 cm³/mol. The van der Waals surface area contributed by atoms with E-state index in [4.69, 9.17) is 0 Å². The van der Waals surface area contributed by atoms with Crippen molar-refractivity contribution < 1.29 is 4.79 Å². The maximum Gasteiger partial charge on any atom is 0.345 e. The Morgan fingerprint density at radius 3 is 2.95 bits per heavy atom. The molecule has 1 unspecified atom stereocenters. The number of aromatic nitrogens is 3. The first-order chi connectivity index (χ1) is 10.1. The Balaban J connectivity index is 1.92. The fourth-order valence-electron chi connectivity index (χ4n) is 2.77. The predicted octanol–water partition coefficient (Wildman–Crippen LogP) is 1.82. The number of hydrogen-bond donors (Lipinski definition) is 1. The van der Waals surface area contributed by atoms with Crippen LogP contribution in [0.2, 0.25) is 0 Å². The number of carbonyl (C=O) groups excluding carboxylic acids is 1. The lowest BCUT2D eigenvalue weighted by atomic mass is 10.1. The average Bonchev–Trinajstić information content (AvgIpc) is 3.04. The Hall–Kier alpha value is -2.02. The smallest absolute Gasteiger partial charge is 0.329 e. The molecule has 7 heteroatoms. The van der Waals surface area contributed by atoms with Crippen LogP contribution in [0.5, 0.6) is 0 Å². The second-order valence-corrected chi connectivity index (χ2v) is 6.34. The molecule has 1 N–H and O–H groups in total. The Morgan fingerprint density at radius 1 is 1.48 bits per heavy atom. The third-order valence-electron chi connectivity index (χ3n) is 3.67. The van der Waals surface area contributed by atoms with Crippen molar-refractivity contribution in [2.24, 2.45) is 0 Å². The Morgan fingerprint density at radius 2 is 2.29 bits per heavy atom. The highest BCUT2D eigenvalue weighted by molar-refractivity contribution is 7.13. The third-order valence-corrected chi connectivity index (χ3v) is 4.73. The zero-order valence-electron chi connectivity index (χ0n) is 11.9. The van der Waals surface area contributed by atoms with Gasteiger partial charge in [-0.2, -0.15) is 0 Å². The summed E-state index contributed by atoms with van der Waals surface area (Å²) in [5.41, 5.74) is 1.15. The lowest BCUT2D eigenvalue weighted by molar-refractivity contribution is 0.0736. The molecule has 0 spiro atoms. The van der Waals surface area contributed by atoms with Crippen LogP contribution in [0.4, 0.5) is 0 Å². The van der Waals surface area contributed by atoms with Crippen LogP contribution in [-0.4, -0.2) is 32.3 Å². The van der Waals surface area contributed by atoms with Crippen molar-refractivity contribution in [3.05, 3.63) is 44.0 Å². The van der Waals surface area contributed by atoms with E-state index in [1.165, 1.54) is 17.5 Å². The second kappa shape index (κ2) is 5.40. The molecule has 110 valence electrons. The van der Waals surface area contributed by atoms with Gasteiger partial charge in [-0.3, -0.25) is 4.79 Å². The maximum absolute atomic E-state index is 12.7. The van der Waals surface area contributed by atoms with Crippen LogP contribution in [0.25, 0.3) is 0 Å². The minimum atomic E-state index is -0.378. The van der Waals surface area contributed by atoms with E-state index in [0.717, 1.165) is 29.2 Å². The standard InChI is InChI=1S/C14H16N4O2S/c1-8-12(21-9(2)16-8)13(19)18-7-3-4-11(18)10-5-6-15-14(20)17-10/h5-6,11H,3-4,7H2,1-2H3,(H,15,17,20). The lowest BCUT2D eigenvalue weighted by Crippen LogP contribution is -2.31. The van der Waals surface area contributed by atoms with Gasteiger partial charge in [0.05, 0.1) is 16.7 Å². The summed E-state index contributed by atoms with van der Waals surface area (Å²) < 4.78 is 0. The van der Waals surface area contributed by atoms with E-state index in [1.54, 1.807) is 6.07 Å². The van der Waals surface area contributed by atoms with E-state index in [9.17, 15) is 9.59 Å². The Kier molecular flexibility index (Phi) is 3.59. The summed E-state index contributed by atoms with van der Waals surface area (Å²) in [4.78, 5) is 37.3. The molecule has 1 aliphatic rings. The maximum atomic E-state index is 12.7. The van der Waals surface area contributed by atoms with Crippen LogP contribution >= 0.6 is 11.3 Å². The first-order valence-corrected chi connectivity index (χ1v) is 7.68. The van der Waals surface area contributed by atoms with Crippen LogP contribution in [0.15, 0.2) is 17.1 Å². The van der Waals surface area contributed by atoms with Crippen molar-refractivity contribution in [3.8, 4) is 0 Å². The Bertz CT molecular complexity index is 737. The SMILES string of the molecule is Cc1nc(C)c(C(=O)N2CCCC2c2ccnc(=O)[nH]2)s1. The minimum absolute atomic E-state index is 0.00161. The third kappa shape index (κ3) is 2.61. The van der Waals surface area contributed by atoms with E-state index >= 15 is 0 Å². The van der Waals surface area contributed by atoms with Gasteiger partial charge in [0.1, 0.15) is 4.88 Å². The molecule has 0 radical (unpaired) electrons. The Labute approximate surface area is 125 Å². The van der Waals surface area contributed by atoms with Gasteiger partial charge in [0.2, 0.25) is 0 Å². The molecule has 0 aliphatic carbocycles. The van der Waals surface area contributed by atoms with E-state index in [1.807, 2.05) is 18.7 Å². The summed E-state index contributed by atoms with van der Waals surface area (Å²) >= 11 is 1.42. The van der Waals surface area contributed by atoms with Crippen molar-refractivity contribution in [2.45, 2.75) is 32.7 Å². The molecule has 2 aromatic heterocycles. The van der Waals surface area contributed by atoms with Gasteiger partial charge >= 0.3 is 5.69 Å². The lowest BCUT2D eigenvalue weighted by Gasteiger charge is -2.24. The fraction of sp³-hybridized carbons (Fsp3) is 0.429. The van der Waals surface area contributed by atoms with Crippen LogP contribution in [-0.2, 0) is 0 Å². The number of aromatic amines is 1. The number of H-pyrrole nitrogens is 1. The van der Waals surface area contributed by atoms with Gasteiger partial charge in [0, 0.05) is 18.4 Å². The molecule has 3 heterocycles. The zero-order chi connectivity index (χ0) is 15.0. The molecule has 3 rings (SSSR count). The second-order valence-electron chi connectivity index (χ2n) is 5.13. The van der Waals surface area contributed by atoms with Crippen molar-refractivity contribution in [2.75, 3.05) is 6.54 Å². The van der Waals surface area contributed by atoms with Gasteiger partial charge < -0.3 is 9.88 Å². The molecular formula is C14H16N4O2S. The number of hydrogen-bond acceptors (Lipinski definition) is 5. The summed E-state index contributed by atoms with van der Waals surface area (Å²) in [7, 11) is 0. The first-order valence-electron chi connectivity index (χ1n) is 6.86. The number of rotatable bonds is 2. The van der Waals surface area contributed by atoms with E-state index in [0.29, 0.717) is 11.4 Å². The van der Waals surface area contributed by atoms with Gasteiger partial charge in [-0.05, 0) is 32.8 Å². The van der Waals surface area contributed by atoms with Crippen LogP contribution in [0, 0.1) is 13.8 Å². The number of carbonyl (C=O) groups is 1. The highest BCUT2D eigenvalue weighted by Gasteiger charge is 2.32. The number of aryl methyl sites for hydroxylation is 2. The summed E-state index contributed by atoms with van der Waals surface area (Å²) in [5.74, 6) is -0.00161. The molecule has 0 aromatic carbocycles. The molecule has 6 nitrogen and oxygen atoms in total. The summed E-state index contributed by atoms with van der Waals surface area (Å²) in [5, 5.41) is 0.893. The topological polar surface area (TPSA) is 79.0 Å². The molecule has 2 aromatic rings. The van der Waals surface area contributed by atoms with Gasteiger partial charge in [-0.1, -0.05) is 0 Å². The van der Waals surface area contributed by atoms with Crippen LogP contribution in [0.3, 0.4) is 0 Å². The highest BCUT2D eigenvalue weighted by atomic mass is 32.1. The summed E-state index contributed by atoms with van der Waals surface area (Å²) in [6, 6.07) is 1.68. The van der Waals surface area contributed by atoms with Gasteiger partial charge in [-0.25, -0.2) is 14.8 Å². The molecular weight excluding hydrogens is 288 g/mol. The number of nitrogens with zero attached hydrogens (tertiary/aromatic N) is 3. The largest absolute Gasteiger partial charge is 0.345 e. The molecule has 0 saturated carbocycles. The summed E-state index contributed by atoms with van der Waals surface area (Å²) in [6.07, 6.45) is 3.26. The highest BCUT2D eigenvalue weighted by Crippen LogP contribution is 2.33. The van der Waals surface area contributed by atoms with Gasteiger partial charge in [0.15, 0.2) is 0 Å². The monoisotopic (exact) mass is 304 g/mol. The van der Waals surface area contributed by atoms with Gasteiger partial charge in [-0.15, -0.1) is 11.3 Å². The molecule has 1 fully saturated rings. The number of amides is 1.